The number of piperidine rings is 1. The first-order valence-corrected chi connectivity index (χ1v) is 13.5. The van der Waals surface area contributed by atoms with Gasteiger partial charge in [0.2, 0.25) is 0 Å². The molecule has 3 aromatic rings. The van der Waals surface area contributed by atoms with E-state index < -0.39 is 11.8 Å². The van der Waals surface area contributed by atoms with Crippen LogP contribution in [0.1, 0.15) is 29.5 Å². The second-order valence-electron chi connectivity index (χ2n) is 9.70. The second kappa shape index (κ2) is 9.73. The van der Waals surface area contributed by atoms with E-state index in [4.69, 9.17) is 19.9 Å². The molecule has 2 N–H and O–H groups in total. The zero-order valence-electron chi connectivity index (χ0n) is 20.9. The van der Waals surface area contributed by atoms with E-state index >= 15 is 0 Å². The number of hydrogen-bond donors (Lipinski definition) is 1. The zero-order chi connectivity index (χ0) is 26.4. The van der Waals surface area contributed by atoms with Gasteiger partial charge in [0.15, 0.2) is 5.58 Å². The fourth-order valence-electron chi connectivity index (χ4n) is 5.11. The molecular formula is C26H28F2N6O3S. The summed E-state index contributed by atoms with van der Waals surface area (Å²) in [5.74, 6) is -3.27. The Morgan fingerprint density at radius 1 is 1.11 bits per heavy atom. The molecule has 1 atom stereocenters. The molecule has 0 spiro atoms. The Hall–Kier alpha value is -3.38. The van der Waals surface area contributed by atoms with Gasteiger partial charge in [0.05, 0.1) is 24.6 Å². The van der Waals surface area contributed by atoms with Crippen molar-refractivity contribution >= 4 is 46.2 Å². The maximum absolute atomic E-state index is 14.1. The first-order valence-electron chi connectivity index (χ1n) is 12.6. The first-order chi connectivity index (χ1) is 18.3. The Morgan fingerprint density at radius 3 is 2.58 bits per heavy atom. The lowest BCUT2D eigenvalue weighted by atomic mass is 10.0. The Morgan fingerprint density at radius 2 is 1.87 bits per heavy atom. The van der Waals surface area contributed by atoms with Crippen LogP contribution in [-0.2, 0) is 9.53 Å². The molecule has 0 radical (unpaired) electrons. The number of alkyl halides is 2. The van der Waals surface area contributed by atoms with Gasteiger partial charge < -0.3 is 29.6 Å². The number of ether oxygens (including phenoxy) is 1. The lowest BCUT2D eigenvalue weighted by Crippen LogP contribution is -2.40. The van der Waals surface area contributed by atoms with Crippen LogP contribution in [0.25, 0.3) is 11.1 Å². The molecule has 1 aromatic carbocycles. The van der Waals surface area contributed by atoms with Crippen molar-refractivity contribution in [2.45, 2.75) is 31.1 Å². The Labute approximate surface area is 222 Å². The smallest absolute Gasteiger partial charge is 0.298 e. The van der Waals surface area contributed by atoms with Gasteiger partial charge in [-0.1, -0.05) is 0 Å². The number of carbonyl (C=O) groups is 1. The summed E-state index contributed by atoms with van der Waals surface area (Å²) in [7, 11) is 0. The number of primary amides is 1. The third-order valence-electron chi connectivity index (χ3n) is 7.11. The van der Waals surface area contributed by atoms with E-state index in [-0.39, 0.29) is 31.3 Å². The highest BCUT2D eigenvalue weighted by molar-refractivity contribution is 8.02. The third-order valence-corrected chi connectivity index (χ3v) is 8.21. The molecule has 9 nitrogen and oxygen atoms in total. The number of amides is 1. The minimum Gasteiger partial charge on any atom is -0.423 e. The molecule has 5 heterocycles. The Bertz CT molecular complexity index is 1400. The standard InChI is InChI=1S/C26H28F2N6O3S/c1-16-12-17(2-5-30-16)24-34(21(15-38-24)23(29)35)20-14-22-18(31-25(37-22)33-8-10-36-11-9-33)13-19(20)32-6-3-26(27,28)4-7-32/h2,5,12-15,24H,3-4,6-11H2,1H3,(H2,29,35). The zero-order valence-corrected chi connectivity index (χ0v) is 21.7. The summed E-state index contributed by atoms with van der Waals surface area (Å²) in [6.45, 7) is 4.75. The molecule has 3 aliphatic heterocycles. The number of benzene rings is 1. The highest BCUT2D eigenvalue weighted by Gasteiger charge is 2.38. The van der Waals surface area contributed by atoms with Crippen molar-refractivity contribution in [1.29, 1.82) is 0 Å². The molecular weight excluding hydrogens is 514 g/mol. The number of nitrogens with two attached hydrogens (primary N) is 1. The highest BCUT2D eigenvalue weighted by Crippen LogP contribution is 2.50. The predicted octanol–water partition coefficient (Wildman–Crippen LogP) is 4.18. The second-order valence-corrected chi connectivity index (χ2v) is 10.7. The molecule has 2 saturated heterocycles. The number of anilines is 3. The van der Waals surface area contributed by atoms with Crippen LogP contribution in [0.5, 0.6) is 0 Å². The average molecular weight is 543 g/mol. The van der Waals surface area contributed by atoms with E-state index in [1.54, 1.807) is 11.6 Å². The van der Waals surface area contributed by atoms with Crippen LogP contribution in [-0.4, -0.2) is 61.2 Å². The number of morpholine rings is 1. The Kier molecular flexibility index (Phi) is 6.39. The SMILES string of the molecule is Cc1cc(C2SC=C(C(N)=O)N2c2cc3oc(N4CCOCC4)nc3cc2N2CCC(F)(F)CC2)ccn1. The van der Waals surface area contributed by atoms with Gasteiger partial charge in [-0.15, -0.1) is 11.8 Å². The van der Waals surface area contributed by atoms with Crippen LogP contribution >= 0.6 is 11.8 Å². The van der Waals surface area contributed by atoms with Crippen molar-refractivity contribution in [3.05, 3.63) is 52.8 Å². The molecule has 200 valence electrons. The van der Waals surface area contributed by atoms with Gasteiger partial charge in [0.25, 0.3) is 17.8 Å². The fourth-order valence-corrected chi connectivity index (χ4v) is 6.25. The highest BCUT2D eigenvalue weighted by atomic mass is 32.2. The summed E-state index contributed by atoms with van der Waals surface area (Å²) in [5, 5.41) is 1.45. The summed E-state index contributed by atoms with van der Waals surface area (Å²) in [4.78, 5) is 27.5. The number of aromatic nitrogens is 2. The summed E-state index contributed by atoms with van der Waals surface area (Å²) in [6, 6.07) is 8.07. The summed E-state index contributed by atoms with van der Waals surface area (Å²) in [6.07, 6.45) is 1.23. The summed E-state index contributed by atoms with van der Waals surface area (Å²) < 4.78 is 39.8. The van der Waals surface area contributed by atoms with Crippen molar-refractivity contribution in [3.63, 3.8) is 0 Å². The minimum atomic E-state index is -2.70. The van der Waals surface area contributed by atoms with Gasteiger partial charge >= 0.3 is 0 Å². The molecule has 2 aromatic heterocycles. The van der Waals surface area contributed by atoms with Gasteiger partial charge in [-0.3, -0.25) is 9.78 Å². The van der Waals surface area contributed by atoms with E-state index in [1.165, 1.54) is 11.8 Å². The van der Waals surface area contributed by atoms with Gasteiger partial charge in [0.1, 0.15) is 16.6 Å². The van der Waals surface area contributed by atoms with Crippen LogP contribution < -0.4 is 20.4 Å². The minimum absolute atomic E-state index is 0.176. The number of nitrogens with zero attached hydrogens (tertiary/aromatic N) is 5. The maximum Gasteiger partial charge on any atom is 0.298 e. The van der Waals surface area contributed by atoms with Crippen LogP contribution in [0.4, 0.5) is 26.2 Å². The van der Waals surface area contributed by atoms with Crippen LogP contribution in [0.2, 0.25) is 0 Å². The topological polar surface area (TPSA) is 101 Å². The number of fused-ring (bicyclic) bond motifs is 1. The summed E-state index contributed by atoms with van der Waals surface area (Å²) >= 11 is 1.46. The predicted molar refractivity (Wildman–Crippen MR) is 142 cm³/mol. The van der Waals surface area contributed by atoms with Crippen LogP contribution in [0.15, 0.2) is 46.0 Å². The fraction of sp³-hybridized carbons (Fsp3) is 0.423. The van der Waals surface area contributed by atoms with E-state index in [0.717, 1.165) is 11.3 Å². The lowest BCUT2D eigenvalue weighted by molar-refractivity contribution is -0.114. The lowest BCUT2D eigenvalue weighted by Gasteiger charge is -2.37. The van der Waals surface area contributed by atoms with Gasteiger partial charge in [-0.25, -0.2) is 8.78 Å². The molecule has 38 heavy (non-hydrogen) atoms. The van der Waals surface area contributed by atoms with Crippen molar-refractivity contribution in [1.82, 2.24) is 9.97 Å². The number of thioether (sulfide) groups is 1. The largest absolute Gasteiger partial charge is 0.423 e. The molecule has 2 fully saturated rings. The Balaban J connectivity index is 1.48. The molecule has 6 rings (SSSR count). The average Bonchev–Trinajstić information content (AvgIpc) is 3.53. The third kappa shape index (κ3) is 4.66. The maximum atomic E-state index is 14.1. The normalized spacial score (nSPS) is 21.7. The number of hydrogen-bond acceptors (Lipinski definition) is 9. The van der Waals surface area contributed by atoms with E-state index in [2.05, 4.69) is 4.98 Å². The number of oxazole rings is 1. The van der Waals surface area contributed by atoms with E-state index in [9.17, 15) is 13.6 Å². The van der Waals surface area contributed by atoms with Crippen molar-refractivity contribution in [3.8, 4) is 0 Å². The molecule has 0 aliphatic carbocycles. The first kappa shape index (κ1) is 24.9. The van der Waals surface area contributed by atoms with Gasteiger partial charge in [0, 0.05) is 62.4 Å². The number of pyridine rings is 1. The number of carbonyl (C=O) groups excluding carboxylic acids is 1. The molecule has 1 amide bonds. The number of aryl methyl sites for hydroxylation is 1. The molecule has 0 saturated carbocycles. The number of rotatable bonds is 5. The quantitative estimate of drug-likeness (QED) is 0.509. The van der Waals surface area contributed by atoms with Gasteiger partial charge in [-0.05, 0) is 30.7 Å². The number of halogens is 2. The van der Waals surface area contributed by atoms with Crippen molar-refractivity contribution in [2.24, 2.45) is 5.73 Å². The molecule has 0 bridgehead atoms. The van der Waals surface area contributed by atoms with Crippen molar-refractivity contribution < 1.29 is 22.7 Å². The summed E-state index contributed by atoms with van der Waals surface area (Å²) in [5.41, 5.74) is 10.5. The monoisotopic (exact) mass is 542 g/mol. The van der Waals surface area contributed by atoms with E-state index in [1.807, 2.05) is 45.9 Å². The van der Waals surface area contributed by atoms with E-state index in [0.29, 0.717) is 60.5 Å². The molecule has 3 aliphatic rings. The molecule has 1 unspecified atom stereocenters. The van der Waals surface area contributed by atoms with Crippen LogP contribution in [0, 0.1) is 6.92 Å². The van der Waals surface area contributed by atoms with Crippen molar-refractivity contribution in [2.75, 3.05) is 54.1 Å². The molecule has 12 heteroatoms. The van der Waals surface area contributed by atoms with Crippen LogP contribution in [0.3, 0.4) is 0 Å². The van der Waals surface area contributed by atoms with Gasteiger partial charge in [-0.2, -0.15) is 4.98 Å².